The van der Waals surface area contributed by atoms with E-state index in [1.54, 1.807) is 0 Å². The minimum absolute atomic E-state index is 0. The van der Waals surface area contributed by atoms with E-state index in [0.717, 1.165) is 29.9 Å². The number of benzene rings is 1. The van der Waals surface area contributed by atoms with Crippen molar-refractivity contribution in [1.29, 1.82) is 0 Å². The maximum atomic E-state index is 12.2. The molecule has 0 spiro atoms. The topological polar surface area (TPSA) is 57.3 Å². The molecule has 23 heavy (non-hydrogen) atoms. The summed E-state index contributed by atoms with van der Waals surface area (Å²) in [4.78, 5) is 18.9. The first-order valence-electron chi connectivity index (χ1n) is 7.77. The molecule has 0 radical (unpaired) electrons. The SMILES string of the molecule is CNCC1CCCN(CC(=O)Nc2nc3ccccc3s2)C1.Cl. The number of carbonyl (C=O) groups is 1. The number of fused-ring (bicyclic) bond motifs is 1. The van der Waals surface area contributed by atoms with Gasteiger partial charge in [-0.15, -0.1) is 12.4 Å². The Morgan fingerprint density at radius 2 is 2.26 bits per heavy atom. The second-order valence-electron chi connectivity index (χ2n) is 5.84. The van der Waals surface area contributed by atoms with Gasteiger partial charge in [0.15, 0.2) is 5.13 Å². The van der Waals surface area contributed by atoms with Gasteiger partial charge in [-0.1, -0.05) is 23.5 Å². The number of hydrogen-bond donors (Lipinski definition) is 2. The molecule has 0 aliphatic carbocycles. The zero-order chi connectivity index (χ0) is 15.4. The fourth-order valence-corrected chi connectivity index (χ4v) is 3.92. The molecule has 0 saturated carbocycles. The van der Waals surface area contributed by atoms with E-state index in [2.05, 4.69) is 20.5 Å². The zero-order valence-electron chi connectivity index (χ0n) is 13.2. The molecule has 5 nitrogen and oxygen atoms in total. The number of thiazole rings is 1. The zero-order valence-corrected chi connectivity index (χ0v) is 14.9. The lowest BCUT2D eigenvalue weighted by Gasteiger charge is -2.31. The Bertz CT molecular complexity index is 613. The predicted molar refractivity (Wildman–Crippen MR) is 98.6 cm³/mol. The molecule has 2 heterocycles. The fraction of sp³-hybridized carbons (Fsp3) is 0.500. The van der Waals surface area contributed by atoms with Gasteiger partial charge in [-0.3, -0.25) is 9.69 Å². The Labute approximate surface area is 146 Å². The number of carbonyl (C=O) groups excluding carboxylic acids is 1. The monoisotopic (exact) mass is 354 g/mol. The van der Waals surface area contributed by atoms with Crippen LogP contribution in [0.2, 0.25) is 0 Å². The van der Waals surface area contributed by atoms with E-state index in [9.17, 15) is 4.79 Å². The van der Waals surface area contributed by atoms with Gasteiger partial charge < -0.3 is 10.6 Å². The molecule has 1 aromatic carbocycles. The van der Waals surface area contributed by atoms with Crippen LogP contribution in [0.4, 0.5) is 5.13 Å². The molecule has 1 aromatic heterocycles. The van der Waals surface area contributed by atoms with E-state index in [1.807, 2.05) is 31.3 Å². The molecular weight excluding hydrogens is 332 g/mol. The summed E-state index contributed by atoms with van der Waals surface area (Å²) in [6, 6.07) is 7.94. The first-order valence-corrected chi connectivity index (χ1v) is 8.58. The summed E-state index contributed by atoms with van der Waals surface area (Å²) in [5, 5.41) is 6.86. The van der Waals surface area contributed by atoms with Crippen LogP contribution in [0.3, 0.4) is 0 Å². The molecule has 1 aliphatic heterocycles. The average molecular weight is 355 g/mol. The van der Waals surface area contributed by atoms with Crippen molar-refractivity contribution in [3.8, 4) is 0 Å². The second kappa shape index (κ2) is 8.59. The number of anilines is 1. The normalized spacial score (nSPS) is 18.6. The molecule has 0 bridgehead atoms. The Kier molecular flexibility index (Phi) is 6.77. The third kappa shape index (κ3) is 4.88. The van der Waals surface area contributed by atoms with Crippen LogP contribution in [0.5, 0.6) is 0 Å². The van der Waals surface area contributed by atoms with Crippen molar-refractivity contribution in [2.75, 3.05) is 38.5 Å². The van der Waals surface area contributed by atoms with Crippen LogP contribution in [-0.2, 0) is 4.79 Å². The number of nitrogens with zero attached hydrogens (tertiary/aromatic N) is 2. The van der Waals surface area contributed by atoms with Crippen molar-refractivity contribution in [2.24, 2.45) is 5.92 Å². The number of para-hydroxylation sites is 1. The van der Waals surface area contributed by atoms with Crippen LogP contribution in [-0.4, -0.2) is 49.0 Å². The van der Waals surface area contributed by atoms with Gasteiger partial charge in [0, 0.05) is 6.54 Å². The van der Waals surface area contributed by atoms with Gasteiger partial charge in [-0.25, -0.2) is 4.98 Å². The highest BCUT2D eigenvalue weighted by Crippen LogP contribution is 2.25. The standard InChI is InChI=1S/C16H22N4OS.ClH/c1-17-9-12-5-4-8-20(10-12)11-15(21)19-16-18-13-6-2-3-7-14(13)22-16;/h2-3,6-7,12,17H,4-5,8-11H2,1H3,(H,18,19,21);1H. The van der Waals surface area contributed by atoms with Crippen molar-refractivity contribution in [1.82, 2.24) is 15.2 Å². The fourth-order valence-electron chi connectivity index (χ4n) is 3.04. The average Bonchev–Trinajstić information content (AvgIpc) is 2.89. The molecule has 1 atom stereocenters. The van der Waals surface area contributed by atoms with Gasteiger partial charge in [0.05, 0.1) is 16.8 Å². The largest absolute Gasteiger partial charge is 0.319 e. The highest BCUT2D eigenvalue weighted by molar-refractivity contribution is 7.22. The van der Waals surface area contributed by atoms with Crippen LogP contribution < -0.4 is 10.6 Å². The van der Waals surface area contributed by atoms with Gasteiger partial charge in [-0.2, -0.15) is 0 Å². The third-order valence-corrected chi connectivity index (χ3v) is 4.96. The Morgan fingerprint density at radius 1 is 1.43 bits per heavy atom. The van der Waals surface area contributed by atoms with Crippen LogP contribution in [0.25, 0.3) is 10.2 Å². The first-order chi connectivity index (χ1) is 10.7. The van der Waals surface area contributed by atoms with E-state index in [4.69, 9.17) is 0 Å². The molecule has 7 heteroatoms. The van der Waals surface area contributed by atoms with E-state index in [0.29, 0.717) is 17.6 Å². The molecule has 1 unspecified atom stereocenters. The number of halogens is 1. The molecule has 1 fully saturated rings. The quantitative estimate of drug-likeness (QED) is 0.866. The van der Waals surface area contributed by atoms with E-state index < -0.39 is 0 Å². The number of piperidine rings is 1. The highest BCUT2D eigenvalue weighted by atomic mass is 35.5. The highest BCUT2D eigenvalue weighted by Gasteiger charge is 2.21. The minimum atomic E-state index is 0. The van der Waals surface area contributed by atoms with Crippen molar-refractivity contribution < 1.29 is 4.79 Å². The number of nitrogens with one attached hydrogen (secondary N) is 2. The molecule has 1 aliphatic rings. The molecule has 2 aromatic rings. The lowest BCUT2D eigenvalue weighted by atomic mass is 9.98. The summed E-state index contributed by atoms with van der Waals surface area (Å²) in [6.07, 6.45) is 2.41. The summed E-state index contributed by atoms with van der Waals surface area (Å²) in [7, 11) is 1.98. The van der Waals surface area contributed by atoms with E-state index in [1.165, 1.54) is 24.2 Å². The first kappa shape index (κ1) is 18.1. The lowest BCUT2D eigenvalue weighted by Crippen LogP contribution is -2.42. The third-order valence-electron chi connectivity index (χ3n) is 4.00. The number of amides is 1. The van der Waals surface area contributed by atoms with Crippen molar-refractivity contribution >= 4 is 45.0 Å². The summed E-state index contributed by atoms with van der Waals surface area (Å²) >= 11 is 1.52. The Hall–Kier alpha value is -1.21. The number of hydrogen-bond acceptors (Lipinski definition) is 5. The van der Waals surface area contributed by atoms with Crippen LogP contribution in [0.1, 0.15) is 12.8 Å². The van der Waals surface area contributed by atoms with Crippen molar-refractivity contribution in [3.63, 3.8) is 0 Å². The van der Waals surface area contributed by atoms with Crippen molar-refractivity contribution in [2.45, 2.75) is 12.8 Å². The molecular formula is C16H23ClN4OS. The number of aromatic nitrogens is 1. The Balaban J connectivity index is 0.00000192. The molecule has 1 saturated heterocycles. The summed E-state index contributed by atoms with van der Waals surface area (Å²) in [5.74, 6) is 0.679. The predicted octanol–water partition coefficient (Wildman–Crippen LogP) is 2.59. The number of likely N-dealkylation sites (tertiary alicyclic amines) is 1. The van der Waals surface area contributed by atoms with Crippen molar-refractivity contribution in [3.05, 3.63) is 24.3 Å². The second-order valence-corrected chi connectivity index (χ2v) is 6.87. The van der Waals surface area contributed by atoms with E-state index in [-0.39, 0.29) is 18.3 Å². The molecule has 2 N–H and O–H groups in total. The van der Waals surface area contributed by atoms with Crippen LogP contribution in [0, 0.1) is 5.92 Å². The van der Waals surface area contributed by atoms with Gasteiger partial charge in [0.1, 0.15) is 0 Å². The molecule has 3 rings (SSSR count). The van der Waals surface area contributed by atoms with Gasteiger partial charge in [-0.05, 0) is 51.0 Å². The van der Waals surface area contributed by atoms with Gasteiger partial charge in [0.25, 0.3) is 0 Å². The summed E-state index contributed by atoms with van der Waals surface area (Å²) < 4.78 is 1.10. The minimum Gasteiger partial charge on any atom is -0.319 e. The van der Waals surface area contributed by atoms with Gasteiger partial charge in [0.2, 0.25) is 5.91 Å². The summed E-state index contributed by atoms with van der Waals surface area (Å²) in [6.45, 7) is 3.48. The smallest absolute Gasteiger partial charge is 0.240 e. The van der Waals surface area contributed by atoms with E-state index >= 15 is 0 Å². The molecule has 126 valence electrons. The molecule has 1 amide bonds. The van der Waals surface area contributed by atoms with Crippen LogP contribution >= 0.6 is 23.7 Å². The number of rotatable bonds is 5. The maximum Gasteiger partial charge on any atom is 0.240 e. The lowest BCUT2D eigenvalue weighted by molar-refractivity contribution is -0.117. The summed E-state index contributed by atoms with van der Waals surface area (Å²) in [5.41, 5.74) is 0.940. The van der Waals surface area contributed by atoms with Crippen LogP contribution in [0.15, 0.2) is 24.3 Å². The van der Waals surface area contributed by atoms with Gasteiger partial charge >= 0.3 is 0 Å². The Morgan fingerprint density at radius 3 is 3.04 bits per heavy atom. The maximum absolute atomic E-state index is 12.2.